The average molecular weight is 341 g/mol. The van der Waals surface area contributed by atoms with Crippen molar-refractivity contribution in [2.45, 2.75) is 17.7 Å². The quantitative estimate of drug-likeness (QED) is 0.566. The van der Waals surface area contributed by atoms with Gasteiger partial charge in [-0.3, -0.25) is 14.9 Å². The number of hydrogen-bond acceptors (Lipinski definition) is 6. The molecule has 8 nitrogen and oxygen atoms in total. The minimum atomic E-state index is -3.61. The number of rotatable bonds is 6. The molecule has 1 heterocycles. The summed E-state index contributed by atoms with van der Waals surface area (Å²) < 4.78 is 23.9. The molecule has 23 heavy (non-hydrogen) atoms. The molecule has 0 radical (unpaired) electrons. The summed E-state index contributed by atoms with van der Waals surface area (Å²) in [6, 6.07) is 3.78. The smallest absolute Gasteiger partial charge is 0.270 e. The number of sulfone groups is 1. The highest BCUT2D eigenvalue weighted by atomic mass is 32.2. The van der Waals surface area contributed by atoms with Crippen molar-refractivity contribution in [3.8, 4) is 0 Å². The van der Waals surface area contributed by atoms with Gasteiger partial charge in [0.15, 0.2) is 9.84 Å². The number of likely N-dealkylation sites (tertiary alicyclic amines) is 1. The van der Waals surface area contributed by atoms with Gasteiger partial charge in [0.25, 0.3) is 5.69 Å². The minimum absolute atomic E-state index is 0.0815. The van der Waals surface area contributed by atoms with Crippen molar-refractivity contribution in [1.82, 2.24) is 4.90 Å². The Labute approximate surface area is 134 Å². The Bertz CT molecular complexity index is 732. The van der Waals surface area contributed by atoms with Crippen LogP contribution in [0.3, 0.4) is 0 Å². The van der Waals surface area contributed by atoms with Gasteiger partial charge in [0.1, 0.15) is 0 Å². The van der Waals surface area contributed by atoms with Crippen LogP contribution in [0.4, 0.5) is 11.4 Å². The summed E-state index contributed by atoms with van der Waals surface area (Å²) >= 11 is 0. The van der Waals surface area contributed by atoms with Crippen molar-refractivity contribution in [2.24, 2.45) is 0 Å². The third-order valence-electron chi connectivity index (χ3n) is 3.84. The number of non-ortho nitro benzene ring substituents is 1. The van der Waals surface area contributed by atoms with Gasteiger partial charge < -0.3 is 9.80 Å². The van der Waals surface area contributed by atoms with Gasteiger partial charge in [0.05, 0.1) is 15.5 Å². The molecule has 126 valence electrons. The number of nitrogens with zero attached hydrogens (tertiary/aromatic N) is 3. The molecule has 2 rings (SSSR count). The molecule has 1 aromatic carbocycles. The molecule has 1 aromatic rings. The number of benzene rings is 1. The SMILES string of the molecule is CN(CCN1CCCC1=O)c1ccc([N+](=O)[O-])cc1S(C)(=O)=O. The maximum Gasteiger partial charge on any atom is 0.270 e. The first kappa shape index (κ1) is 17.2. The van der Waals surface area contributed by atoms with Crippen molar-refractivity contribution in [1.29, 1.82) is 0 Å². The van der Waals surface area contributed by atoms with E-state index >= 15 is 0 Å². The second-order valence-electron chi connectivity index (χ2n) is 5.59. The molecule has 0 spiro atoms. The van der Waals surface area contributed by atoms with Gasteiger partial charge in [-0.2, -0.15) is 0 Å². The summed E-state index contributed by atoms with van der Waals surface area (Å²) in [5, 5.41) is 10.9. The fourth-order valence-electron chi connectivity index (χ4n) is 2.56. The Morgan fingerprint density at radius 2 is 2.09 bits per heavy atom. The van der Waals surface area contributed by atoms with Crippen LogP contribution in [-0.4, -0.2) is 57.1 Å². The van der Waals surface area contributed by atoms with E-state index in [0.717, 1.165) is 18.7 Å². The second-order valence-corrected chi connectivity index (χ2v) is 7.57. The maximum absolute atomic E-state index is 11.9. The van der Waals surface area contributed by atoms with Gasteiger partial charge in [-0.25, -0.2) is 8.42 Å². The van der Waals surface area contributed by atoms with E-state index in [-0.39, 0.29) is 16.5 Å². The zero-order chi connectivity index (χ0) is 17.2. The summed E-state index contributed by atoms with van der Waals surface area (Å²) in [5.74, 6) is 0.102. The number of anilines is 1. The third-order valence-corrected chi connectivity index (χ3v) is 4.97. The highest BCUT2D eigenvalue weighted by molar-refractivity contribution is 7.90. The van der Waals surface area contributed by atoms with E-state index in [0.29, 0.717) is 31.7 Å². The Hall–Kier alpha value is -2.16. The van der Waals surface area contributed by atoms with Crippen LogP contribution in [0, 0.1) is 10.1 Å². The molecule has 1 aliphatic rings. The van der Waals surface area contributed by atoms with Crippen LogP contribution in [0.25, 0.3) is 0 Å². The molecule has 0 aromatic heterocycles. The maximum atomic E-state index is 11.9. The minimum Gasteiger partial charge on any atom is -0.372 e. The van der Waals surface area contributed by atoms with Crippen molar-refractivity contribution in [3.05, 3.63) is 28.3 Å². The molecule has 0 N–H and O–H groups in total. The molecule has 0 bridgehead atoms. The molecule has 1 fully saturated rings. The number of hydrogen-bond donors (Lipinski definition) is 0. The average Bonchev–Trinajstić information content (AvgIpc) is 2.88. The lowest BCUT2D eigenvalue weighted by Crippen LogP contribution is -2.34. The molecule has 0 unspecified atom stereocenters. The summed E-state index contributed by atoms with van der Waals surface area (Å²) in [5.41, 5.74) is 0.127. The van der Waals surface area contributed by atoms with Gasteiger partial charge in [-0.15, -0.1) is 0 Å². The zero-order valence-electron chi connectivity index (χ0n) is 13.1. The Morgan fingerprint density at radius 3 is 2.61 bits per heavy atom. The van der Waals surface area contributed by atoms with E-state index in [1.54, 1.807) is 16.8 Å². The van der Waals surface area contributed by atoms with Crippen LogP contribution in [0.1, 0.15) is 12.8 Å². The van der Waals surface area contributed by atoms with E-state index in [2.05, 4.69) is 0 Å². The summed E-state index contributed by atoms with van der Waals surface area (Å²) in [4.78, 5) is 25.2. The lowest BCUT2D eigenvalue weighted by atomic mass is 10.2. The predicted molar refractivity (Wildman–Crippen MR) is 85.3 cm³/mol. The standard InChI is InChI=1S/C14H19N3O5S/c1-15(8-9-16-7-3-4-14(16)18)12-6-5-11(17(19)20)10-13(12)23(2,21)22/h5-6,10H,3-4,7-9H2,1-2H3. The second kappa shape index (κ2) is 6.53. The molecule has 1 aliphatic heterocycles. The van der Waals surface area contributed by atoms with Crippen molar-refractivity contribution in [2.75, 3.05) is 37.8 Å². The highest BCUT2D eigenvalue weighted by Gasteiger charge is 2.23. The first-order valence-corrected chi connectivity index (χ1v) is 9.06. The summed E-state index contributed by atoms with van der Waals surface area (Å²) in [6.07, 6.45) is 2.41. The highest BCUT2D eigenvalue weighted by Crippen LogP contribution is 2.28. The predicted octanol–water partition coefficient (Wildman–Crippen LogP) is 1.06. The largest absolute Gasteiger partial charge is 0.372 e. The van der Waals surface area contributed by atoms with Crippen LogP contribution in [-0.2, 0) is 14.6 Å². The lowest BCUT2D eigenvalue weighted by molar-refractivity contribution is -0.385. The number of nitro groups is 1. The van der Waals surface area contributed by atoms with Gasteiger partial charge in [0.2, 0.25) is 5.91 Å². The molecule has 0 aliphatic carbocycles. The zero-order valence-corrected chi connectivity index (χ0v) is 13.9. The summed E-state index contributed by atoms with van der Waals surface area (Å²) in [7, 11) is -1.90. The van der Waals surface area contributed by atoms with Crippen molar-refractivity contribution in [3.63, 3.8) is 0 Å². The molecule has 1 saturated heterocycles. The molecular formula is C14H19N3O5S. The van der Waals surface area contributed by atoms with Gasteiger partial charge in [-0.05, 0) is 12.5 Å². The Kier molecular flexibility index (Phi) is 4.88. The van der Waals surface area contributed by atoms with Crippen LogP contribution in [0.15, 0.2) is 23.1 Å². The molecule has 0 saturated carbocycles. The van der Waals surface area contributed by atoms with Gasteiger partial charge >= 0.3 is 0 Å². The van der Waals surface area contributed by atoms with E-state index < -0.39 is 14.8 Å². The Balaban J connectivity index is 2.23. The Morgan fingerprint density at radius 1 is 1.39 bits per heavy atom. The van der Waals surface area contributed by atoms with Crippen LogP contribution >= 0.6 is 0 Å². The number of nitro benzene ring substituents is 1. The molecule has 1 amide bonds. The van der Waals surface area contributed by atoms with Gasteiger partial charge in [-0.1, -0.05) is 0 Å². The fraction of sp³-hybridized carbons (Fsp3) is 0.500. The van der Waals surface area contributed by atoms with Crippen molar-refractivity contribution < 1.29 is 18.1 Å². The fourth-order valence-corrected chi connectivity index (χ4v) is 3.50. The first-order valence-electron chi connectivity index (χ1n) is 7.17. The van der Waals surface area contributed by atoms with Crippen LogP contribution in [0.2, 0.25) is 0 Å². The normalized spacial score (nSPS) is 15.0. The third kappa shape index (κ3) is 3.98. The van der Waals surface area contributed by atoms with E-state index in [1.807, 2.05) is 0 Å². The number of carbonyl (C=O) groups is 1. The molecular weight excluding hydrogens is 322 g/mol. The topological polar surface area (TPSA) is 101 Å². The monoisotopic (exact) mass is 341 g/mol. The van der Waals surface area contributed by atoms with E-state index in [9.17, 15) is 23.3 Å². The van der Waals surface area contributed by atoms with Crippen molar-refractivity contribution >= 4 is 27.1 Å². The van der Waals surface area contributed by atoms with Crippen LogP contribution < -0.4 is 4.90 Å². The molecule has 0 atom stereocenters. The van der Waals surface area contributed by atoms with E-state index in [4.69, 9.17) is 0 Å². The van der Waals surface area contributed by atoms with Gasteiger partial charge in [0, 0.05) is 51.5 Å². The number of likely N-dealkylation sites (N-methyl/N-ethyl adjacent to an activating group) is 1. The van der Waals surface area contributed by atoms with Crippen LogP contribution in [0.5, 0.6) is 0 Å². The van der Waals surface area contributed by atoms with E-state index in [1.165, 1.54) is 12.1 Å². The summed E-state index contributed by atoms with van der Waals surface area (Å²) in [6.45, 7) is 1.66. The molecule has 9 heteroatoms. The first-order chi connectivity index (χ1) is 10.7. The lowest BCUT2D eigenvalue weighted by Gasteiger charge is -2.24. The number of carbonyl (C=O) groups excluding carboxylic acids is 1. The number of amides is 1.